The molecule has 0 fully saturated rings. The Morgan fingerprint density at radius 1 is 1.23 bits per heavy atom. The minimum atomic E-state index is -4.81. The van der Waals surface area contributed by atoms with Crippen molar-refractivity contribution in [3.05, 3.63) is 28.5 Å². The molecule has 1 rings (SSSR count). The highest BCUT2D eigenvalue weighted by molar-refractivity contribution is 9.10. The maximum Gasteiger partial charge on any atom is 0.573 e. The van der Waals surface area contributed by atoms with Crippen LogP contribution in [0, 0.1) is 5.82 Å². The molecule has 1 nitrogen and oxygen atoms in total. The first-order valence-electron chi connectivity index (χ1n) is 3.09. The molecule has 72 valence electrons. The zero-order valence-electron chi connectivity index (χ0n) is 6.03. The monoisotopic (exact) mass is 258 g/mol. The first-order chi connectivity index (χ1) is 5.88. The van der Waals surface area contributed by atoms with Crippen molar-refractivity contribution in [2.24, 2.45) is 0 Å². The quantitative estimate of drug-likeness (QED) is 0.701. The van der Waals surface area contributed by atoms with Crippen molar-refractivity contribution in [2.45, 2.75) is 6.36 Å². The van der Waals surface area contributed by atoms with Crippen LogP contribution < -0.4 is 4.74 Å². The van der Waals surface area contributed by atoms with Crippen molar-refractivity contribution in [2.75, 3.05) is 0 Å². The van der Waals surface area contributed by atoms with E-state index < -0.39 is 17.9 Å². The molecular weight excluding hydrogens is 256 g/mol. The number of rotatable bonds is 1. The summed E-state index contributed by atoms with van der Waals surface area (Å²) in [5, 5.41) is 0. The molecule has 0 unspecified atom stereocenters. The third-order valence-electron chi connectivity index (χ3n) is 1.12. The molecule has 0 saturated carbocycles. The Labute approximate surface area is 79.4 Å². The molecule has 6 heteroatoms. The summed E-state index contributed by atoms with van der Waals surface area (Å²) in [7, 11) is 0. The minimum absolute atomic E-state index is 0.0474. The summed E-state index contributed by atoms with van der Waals surface area (Å²) in [5.74, 6) is -1.38. The molecule has 0 aliphatic rings. The standard InChI is InChI=1S/C7H3BrF4O/c8-5-2-1-4(9)3-6(5)13-7(10,11)12/h1-3H. The van der Waals surface area contributed by atoms with Gasteiger partial charge in [0.25, 0.3) is 0 Å². The summed E-state index contributed by atoms with van der Waals surface area (Å²) in [4.78, 5) is 0. The van der Waals surface area contributed by atoms with Crippen LogP contribution in [-0.4, -0.2) is 6.36 Å². The topological polar surface area (TPSA) is 9.23 Å². The lowest BCUT2D eigenvalue weighted by molar-refractivity contribution is -0.275. The molecular formula is C7H3BrF4O. The van der Waals surface area contributed by atoms with E-state index in [0.717, 1.165) is 12.1 Å². The third-order valence-corrected chi connectivity index (χ3v) is 1.77. The van der Waals surface area contributed by atoms with Crippen molar-refractivity contribution < 1.29 is 22.3 Å². The van der Waals surface area contributed by atoms with Crippen LogP contribution in [0.3, 0.4) is 0 Å². The highest BCUT2D eigenvalue weighted by Gasteiger charge is 2.32. The normalized spacial score (nSPS) is 11.5. The number of halogens is 5. The largest absolute Gasteiger partial charge is 0.573 e. The maximum atomic E-state index is 12.5. The predicted octanol–water partition coefficient (Wildman–Crippen LogP) is 3.49. The van der Waals surface area contributed by atoms with Gasteiger partial charge in [0.05, 0.1) is 4.47 Å². The van der Waals surface area contributed by atoms with Gasteiger partial charge in [0.15, 0.2) is 0 Å². The average Bonchev–Trinajstić information content (AvgIpc) is 1.94. The molecule has 0 spiro atoms. The Morgan fingerprint density at radius 3 is 2.38 bits per heavy atom. The Kier molecular flexibility index (Phi) is 2.80. The summed E-state index contributed by atoms with van der Waals surface area (Å²) in [6.07, 6.45) is -4.81. The third kappa shape index (κ3) is 3.22. The number of hydrogen-bond acceptors (Lipinski definition) is 1. The first-order valence-corrected chi connectivity index (χ1v) is 3.88. The van der Waals surface area contributed by atoms with Gasteiger partial charge in [-0.15, -0.1) is 13.2 Å². The second kappa shape index (κ2) is 3.53. The summed E-state index contributed by atoms with van der Waals surface area (Å²) in [6, 6.07) is 2.81. The molecule has 0 amide bonds. The van der Waals surface area contributed by atoms with E-state index in [0.29, 0.717) is 6.07 Å². The van der Waals surface area contributed by atoms with Gasteiger partial charge in [-0.05, 0) is 28.1 Å². The fourth-order valence-electron chi connectivity index (χ4n) is 0.680. The highest BCUT2D eigenvalue weighted by Crippen LogP contribution is 2.30. The summed E-state index contributed by atoms with van der Waals surface area (Å²) in [5.41, 5.74) is 0. The van der Waals surface area contributed by atoms with Gasteiger partial charge >= 0.3 is 6.36 Å². The van der Waals surface area contributed by atoms with E-state index in [1.54, 1.807) is 0 Å². The van der Waals surface area contributed by atoms with Crippen LogP contribution in [0.1, 0.15) is 0 Å². The van der Waals surface area contributed by atoms with E-state index in [1.165, 1.54) is 0 Å². The molecule has 0 bridgehead atoms. The molecule has 0 radical (unpaired) electrons. The molecule has 0 heterocycles. The molecule has 0 aliphatic carbocycles. The fourth-order valence-corrected chi connectivity index (χ4v) is 1.01. The average molecular weight is 259 g/mol. The number of alkyl halides is 3. The van der Waals surface area contributed by atoms with E-state index in [4.69, 9.17) is 0 Å². The Morgan fingerprint density at radius 2 is 1.85 bits per heavy atom. The van der Waals surface area contributed by atoms with Gasteiger partial charge in [-0.2, -0.15) is 0 Å². The molecule has 1 aromatic carbocycles. The Balaban J connectivity index is 2.94. The molecule has 1 aromatic rings. The first kappa shape index (κ1) is 10.3. The fraction of sp³-hybridized carbons (Fsp3) is 0.143. The predicted molar refractivity (Wildman–Crippen MR) is 40.8 cm³/mol. The van der Waals surface area contributed by atoms with Crippen molar-refractivity contribution in [1.82, 2.24) is 0 Å². The van der Waals surface area contributed by atoms with Crippen LogP contribution in [0.15, 0.2) is 22.7 Å². The van der Waals surface area contributed by atoms with Crippen LogP contribution in [0.4, 0.5) is 17.6 Å². The summed E-state index contributed by atoms with van der Waals surface area (Å²) in [6.45, 7) is 0. The SMILES string of the molecule is Fc1ccc(Br)c(OC(F)(F)F)c1. The lowest BCUT2D eigenvalue weighted by atomic mass is 10.3. The van der Waals surface area contributed by atoms with Gasteiger partial charge in [0.1, 0.15) is 11.6 Å². The second-order valence-electron chi connectivity index (χ2n) is 2.12. The van der Waals surface area contributed by atoms with Crippen molar-refractivity contribution >= 4 is 15.9 Å². The lowest BCUT2D eigenvalue weighted by Gasteiger charge is -2.09. The molecule has 0 atom stereocenters. The van der Waals surface area contributed by atoms with Crippen LogP contribution in [-0.2, 0) is 0 Å². The van der Waals surface area contributed by atoms with Gasteiger partial charge in [-0.3, -0.25) is 0 Å². The Bertz CT molecular complexity index is 310. The van der Waals surface area contributed by atoms with Crippen LogP contribution in [0.5, 0.6) is 5.75 Å². The smallest absolute Gasteiger partial charge is 0.404 e. The van der Waals surface area contributed by atoms with E-state index in [-0.39, 0.29) is 4.47 Å². The van der Waals surface area contributed by atoms with Crippen molar-refractivity contribution in [3.8, 4) is 5.75 Å². The van der Waals surface area contributed by atoms with Gasteiger partial charge < -0.3 is 4.74 Å². The van der Waals surface area contributed by atoms with E-state index in [1.807, 2.05) is 0 Å². The highest BCUT2D eigenvalue weighted by atomic mass is 79.9. The van der Waals surface area contributed by atoms with Crippen LogP contribution in [0.25, 0.3) is 0 Å². The maximum absolute atomic E-state index is 12.5. The van der Waals surface area contributed by atoms with Crippen LogP contribution >= 0.6 is 15.9 Å². The summed E-state index contributed by atoms with van der Waals surface area (Å²) >= 11 is 2.79. The molecule has 0 N–H and O–H groups in total. The lowest BCUT2D eigenvalue weighted by Crippen LogP contribution is -2.17. The van der Waals surface area contributed by atoms with Gasteiger partial charge in [-0.1, -0.05) is 0 Å². The zero-order valence-corrected chi connectivity index (χ0v) is 7.62. The van der Waals surface area contributed by atoms with E-state index >= 15 is 0 Å². The Hall–Kier alpha value is -0.780. The van der Waals surface area contributed by atoms with Gasteiger partial charge in [-0.25, -0.2) is 4.39 Å². The zero-order chi connectivity index (χ0) is 10.1. The van der Waals surface area contributed by atoms with Gasteiger partial charge in [0, 0.05) is 6.07 Å². The van der Waals surface area contributed by atoms with E-state index in [9.17, 15) is 17.6 Å². The molecule has 0 aromatic heterocycles. The van der Waals surface area contributed by atoms with Gasteiger partial charge in [0.2, 0.25) is 0 Å². The van der Waals surface area contributed by atoms with Crippen molar-refractivity contribution in [3.63, 3.8) is 0 Å². The van der Waals surface area contributed by atoms with Crippen molar-refractivity contribution in [1.29, 1.82) is 0 Å². The summed E-state index contributed by atoms with van der Waals surface area (Å²) < 4.78 is 51.1. The number of benzene rings is 1. The van der Waals surface area contributed by atoms with Crippen LogP contribution in [0.2, 0.25) is 0 Å². The van der Waals surface area contributed by atoms with E-state index in [2.05, 4.69) is 20.7 Å². The second-order valence-corrected chi connectivity index (χ2v) is 2.98. The molecule has 13 heavy (non-hydrogen) atoms. The molecule has 0 aliphatic heterocycles. The molecule has 0 saturated heterocycles. The minimum Gasteiger partial charge on any atom is -0.404 e. The number of ether oxygens (including phenoxy) is 1. The number of hydrogen-bond donors (Lipinski definition) is 0.